The van der Waals surface area contributed by atoms with Gasteiger partial charge >= 0.3 is 0 Å². The van der Waals surface area contributed by atoms with Crippen LogP contribution in [0.4, 0.5) is 5.82 Å². The van der Waals surface area contributed by atoms with Gasteiger partial charge < -0.3 is 9.64 Å². The summed E-state index contributed by atoms with van der Waals surface area (Å²) in [6.45, 7) is 7.23. The van der Waals surface area contributed by atoms with Crippen molar-refractivity contribution in [3.8, 4) is 22.6 Å². The maximum absolute atomic E-state index is 5.61. The molecule has 2 N–H and O–H groups in total. The van der Waals surface area contributed by atoms with Gasteiger partial charge in [-0.3, -0.25) is 14.9 Å². The number of hydrogen-bond donors (Lipinski definition) is 2. The van der Waals surface area contributed by atoms with Gasteiger partial charge in [-0.2, -0.15) is 15.3 Å². The third-order valence-corrected chi connectivity index (χ3v) is 5.22. The highest BCUT2D eigenvalue weighted by atomic mass is 16.5. The van der Waals surface area contributed by atoms with Gasteiger partial charge in [-0.25, -0.2) is 4.98 Å². The minimum absolute atomic E-state index is 0.255. The zero-order valence-corrected chi connectivity index (χ0v) is 15.9. The zero-order valence-electron chi connectivity index (χ0n) is 15.9. The predicted octanol–water partition coefficient (Wildman–Crippen LogP) is 2.46. The summed E-state index contributed by atoms with van der Waals surface area (Å²) in [6, 6.07) is 6.31. The first-order valence-electron chi connectivity index (χ1n) is 9.51. The second-order valence-electron chi connectivity index (χ2n) is 6.94. The number of fused-ring (bicyclic) bond motifs is 1. The van der Waals surface area contributed by atoms with E-state index < -0.39 is 0 Å². The minimum Gasteiger partial charge on any atom is -0.377 e. The lowest BCUT2D eigenvalue weighted by Crippen LogP contribution is -2.44. The van der Waals surface area contributed by atoms with Gasteiger partial charge in [-0.05, 0) is 32.0 Å². The summed E-state index contributed by atoms with van der Waals surface area (Å²) in [7, 11) is 0. The molecule has 0 saturated carbocycles. The van der Waals surface area contributed by atoms with Crippen molar-refractivity contribution >= 4 is 16.9 Å². The molecule has 28 heavy (non-hydrogen) atoms. The molecular weight excluding hydrogens is 356 g/mol. The van der Waals surface area contributed by atoms with Crippen LogP contribution in [-0.2, 0) is 11.3 Å². The summed E-state index contributed by atoms with van der Waals surface area (Å²) in [5.41, 5.74) is 5.37. The van der Waals surface area contributed by atoms with E-state index in [1.165, 1.54) is 0 Å². The van der Waals surface area contributed by atoms with Crippen LogP contribution in [0.3, 0.4) is 0 Å². The first-order valence-corrected chi connectivity index (χ1v) is 9.51. The van der Waals surface area contributed by atoms with E-state index in [9.17, 15) is 0 Å². The summed E-state index contributed by atoms with van der Waals surface area (Å²) >= 11 is 0. The SMILES string of the molecule is CCn1nccc1-c1cc(N2CCOCC2C)nc2c(-c3ccn[nH]3)[nH]nc12. The zero-order chi connectivity index (χ0) is 19.1. The molecule has 9 nitrogen and oxygen atoms in total. The van der Waals surface area contributed by atoms with Crippen LogP contribution in [0.15, 0.2) is 30.6 Å². The third kappa shape index (κ3) is 2.66. The van der Waals surface area contributed by atoms with Crippen molar-refractivity contribution in [2.24, 2.45) is 0 Å². The molecule has 4 aromatic heterocycles. The first kappa shape index (κ1) is 16.9. The molecule has 5 rings (SSSR count). The van der Waals surface area contributed by atoms with Crippen molar-refractivity contribution in [1.82, 2.24) is 35.2 Å². The quantitative estimate of drug-likeness (QED) is 0.566. The second-order valence-corrected chi connectivity index (χ2v) is 6.94. The number of nitrogens with one attached hydrogen (secondary N) is 2. The van der Waals surface area contributed by atoms with Crippen molar-refractivity contribution in [1.29, 1.82) is 0 Å². The van der Waals surface area contributed by atoms with Crippen molar-refractivity contribution in [3.05, 3.63) is 30.6 Å². The molecule has 0 bridgehead atoms. The van der Waals surface area contributed by atoms with E-state index in [4.69, 9.17) is 9.72 Å². The first-order chi connectivity index (χ1) is 13.8. The molecule has 0 spiro atoms. The fraction of sp³-hybridized carbons (Fsp3) is 0.368. The van der Waals surface area contributed by atoms with E-state index in [1.54, 1.807) is 6.20 Å². The van der Waals surface area contributed by atoms with Crippen LogP contribution in [0.1, 0.15) is 13.8 Å². The molecule has 4 aromatic rings. The lowest BCUT2D eigenvalue weighted by molar-refractivity contribution is 0.0986. The molecular formula is C19H22N8O. The van der Waals surface area contributed by atoms with Gasteiger partial charge in [-0.1, -0.05) is 0 Å². The molecule has 1 saturated heterocycles. The van der Waals surface area contributed by atoms with Crippen LogP contribution >= 0.6 is 0 Å². The van der Waals surface area contributed by atoms with Gasteiger partial charge in [-0.15, -0.1) is 0 Å². The van der Waals surface area contributed by atoms with Gasteiger partial charge in [0, 0.05) is 31.0 Å². The van der Waals surface area contributed by atoms with Crippen LogP contribution in [0, 0.1) is 0 Å². The van der Waals surface area contributed by atoms with Crippen molar-refractivity contribution < 1.29 is 4.74 Å². The molecule has 0 amide bonds. The Bertz CT molecular complexity index is 1100. The van der Waals surface area contributed by atoms with E-state index in [-0.39, 0.29) is 6.04 Å². The number of morpholine rings is 1. The third-order valence-electron chi connectivity index (χ3n) is 5.22. The van der Waals surface area contributed by atoms with Gasteiger partial charge in [0.15, 0.2) is 0 Å². The number of anilines is 1. The van der Waals surface area contributed by atoms with Crippen LogP contribution in [-0.4, -0.2) is 61.0 Å². The van der Waals surface area contributed by atoms with Crippen LogP contribution in [0.5, 0.6) is 0 Å². The summed E-state index contributed by atoms with van der Waals surface area (Å²) in [4.78, 5) is 7.28. The molecule has 5 heterocycles. The Morgan fingerprint density at radius 1 is 1.21 bits per heavy atom. The molecule has 1 atom stereocenters. The highest BCUT2D eigenvalue weighted by Crippen LogP contribution is 2.34. The molecule has 1 aliphatic heterocycles. The Morgan fingerprint density at radius 3 is 2.93 bits per heavy atom. The van der Waals surface area contributed by atoms with E-state index in [1.807, 2.05) is 23.0 Å². The molecule has 0 aromatic carbocycles. The largest absolute Gasteiger partial charge is 0.377 e. The summed E-state index contributed by atoms with van der Waals surface area (Å²) in [5, 5.41) is 19.2. The molecule has 1 aliphatic rings. The lowest BCUT2D eigenvalue weighted by Gasteiger charge is -2.34. The predicted molar refractivity (Wildman–Crippen MR) is 106 cm³/mol. The monoisotopic (exact) mass is 378 g/mol. The number of aromatic amines is 2. The maximum atomic E-state index is 5.61. The van der Waals surface area contributed by atoms with Gasteiger partial charge in [0.25, 0.3) is 0 Å². The molecule has 0 radical (unpaired) electrons. The summed E-state index contributed by atoms with van der Waals surface area (Å²) in [5.74, 6) is 0.921. The van der Waals surface area contributed by atoms with Crippen molar-refractivity contribution in [2.75, 3.05) is 24.7 Å². The van der Waals surface area contributed by atoms with Crippen molar-refractivity contribution in [2.45, 2.75) is 26.4 Å². The molecule has 1 unspecified atom stereocenters. The molecule has 144 valence electrons. The van der Waals surface area contributed by atoms with E-state index in [0.29, 0.717) is 13.2 Å². The summed E-state index contributed by atoms with van der Waals surface area (Å²) < 4.78 is 7.59. The van der Waals surface area contributed by atoms with Gasteiger partial charge in [0.2, 0.25) is 0 Å². The molecule has 0 aliphatic carbocycles. The Hall–Kier alpha value is -3.20. The minimum atomic E-state index is 0.255. The van der Waals surface area contributed by atoms with E-state index in [0.717, 1.165) is 52.6 Å². The Kier molecular flexibility index (Phi) is 4.09. The summed E-state index contributed by atoms with van der Waals surface area (Å²) in [6.07, 6.45) is 3.55. The normalized spacial score (nSPS) is 17.5. The number of hydrogen-bond acceptors (Lipinski definition) is 6. The van der Waals surface area contributed by atoms with Crippen LogP contribution in [0.2, 0.25) is 0 Å². The van der Waals surface area contributed by atoms with Crippen molar-refractivity contribution in [3.63, 3.8) is 0 Å². The fourth-order valence-corrected chi connectivity index (χ4v) is 3.78. The highest BCUT2D eigenvalue weighted by molar-refractivity contribution is 5.99. The number of H-pyrrole nitrogens is 2. The highest BCUT2D eigenvalue weighted by Gasteiger charge is 2.24. The molecule has 9 heteroatoms. The number of aromatic nitrogens is 7. The number of aryl methyl sites for hydroxylation is 1. The number of pyridine rings is 1. The standard InChI is InChI=1S/C19H22N8O/c1-3-27-15(5-7-21-27)13-10-16(26-8-9-28-11-12(26)2)22-19-17(13)24-25-18(19)14-4-6-20-23-14/h4-7,10,12H,3,8-9,11H2,1-2H3,(H,20,23)(H,24,25). The van der Waals surface area contributed by atoms with E-state index >= 15 is 0 Å². The molecule has 1 fully saturated rings. The number of ether oxygens (including phenoxy) is 1. The number of nitrogens with zero attached hydrogens (tertiary/aromatic N) is 6. The topological polar surface area (TPSA) is 101 Å². The Labute approximate surface area is 161 Å². The smallest absolute Gasteiger partial charge is 0.130 e. The van der Waals surface area contributed by atoms with Gasteiger partial charge in [0.05, 0.1) is 30.6 Å². The van der Waals surface area contributed by atoms with E-state index in [2.05, 4.69) is 50.3 Å². The average Bonchev–Trinajstić information content (AvgIpc) is 3.46. The van der Waals surface area contributed by atoms with Gasteiger partial charge in [0.1, 0.15) is 22.5 Å². The number of rotatable bonds is 4. The lowest BCUT2D eigenvalue weighted by atomic mass is 10.1. The fourth-order valence-electron chi connectivity index (χ4n) is 3.78. The average molecular weight is 378 g/mol. The Balaban J connectivity index is 1.75. The van der Waals surface area contributed by atoms with Crippen LogP contribution in [0.25, 0.3) is 33.7 Å². The second kappa shape index (κ2) is 6.75. The Morgan fingerprint density at radius 2 is 2.14 bits per heavy atom. The maximum Gasteiger partial charge on any atom is 0.130 e. The van der Waals surface area contributed by atoms with Crippen LogP contribution < -0.4 is 4.90 Å².